The van der Waals surface area contributed by atoms with Crippen LogP contribution in [0.15, 0.2) is 108 Å². The Bertz CT molecular complexity index is 1420. The Balaban J connectivity index is 1.71. The number of fused-ring (bicyclic) bond motifs is 1. The van der Waals surface area contributed by atoms with E-state index in [1.54, 1.807) is 36.0 Å². The van der Waals surface area contributed by atoms with Gasteiger partial charge in [0.1, 0.15) is 17.3 Å². The van der Waals surface area contributed by atoms with Crippen LogP contribution in [0.1, 0.15) is 21.9 Å². The van der Waals surface area contributed by atoms with E-state index in [1.807, 2.05) is 67.6 Å². The Morgan fingerprint density at radius 2 is 1.60 bits per heavy atom. The number of rotatable bonds is 5. The predicted octanol–water partition coefficient (Wildman–Crippen LogP) is 7.32. The number of benzene rings is 4. The number of aryl methyl sites for hydroxylation is 1. The molecule has 0 saturated carbocycles. The molecule has 0 bridgehead atoms. The zero-order valence-electron chi connectivity index (χ0n) is 18.8. The van der Waals surface area contributed by atoms with Gasteiger partial charge in [0, 0.05) is 28.2 Å². The van der Waals surface area contributed by atoms with Gasteiger partial charge in [0.2, 0.25) is 0 Å². The van der Waals surface area contributed by atoms with Crippen LogP contribution in [0.2, 0.25) is 0 Å². The van der Waals surface area contributed by atoms with Crippen LogP contribution in [-0.2, 0) is 0 Å². The molecule has 4 aromatic carbocycles. The number of hydrogen-bond donors (Lipinski definition) is 2. The summed E-state index contributed by atoms with van der Waals surface area (Å²) in [6.45, 7) is 2.03. The van der Waals surface area contributed by atoms with Crippen LogP contribution in [0.4, 0.5) is 11.4 Å². The lowest BCUT2D eigenvalue weighted by molar-refractivity contribution is -0.384. The zero-order chi connectivity index (χ0) is 24.4. The highest BCUT2D eigenvalue weighted by Crippen LogP contribution is 2.51. The van der Waals surface area contributed by atoms with Crippen molar-refractivity contribution in [1.29, 1.82) is 0 Å². The summed E-state index contributed by atoms with van der Waals surface area (Å²) < 4.78 is 6.48. The summed E-state index contributed by atoms with van der Waals surface area (Å²) in [6, 6.07) is 29.3. The largest absolute Gasteiger partial charge is 0.508 e. The molecule has 0 radical (unpaired) electrons. The van der Waals surface area contributed by atoms with E-state index in [-0.39, 0.29) is 16.7 Å². The second-order valence-electron chi connectivity index (χ2n) is 8.14. The van der Waals surface area contributed by atoms with E-state index in [0.29, 0.717) is 17.1 Å². The van der Waals surface area contributed by atoms with Gasteiger partial charge >= 0.3 is 0 Å². The van der Waals surface area contributed by atoms with Crippen molar-refractivity contribution in [2.45, 2.75) is 17.1 Å². The molecule has 1 aliphatic rings. The first-order chi connectivity index (χ1) is 17.0. The number of ether oxygens (including phenoxy) is 1. The zero-order valence-corrected chi connectivity index (χ0v) is 19.7. The fraction of sp³-hybridized carbons (Fsp3) is 0.0714. The number of phenols is 1. The second kappa shape index (κ2) is 9.56. The first-order valence-electron chi connectivity index (χ1n) is 11.0. The molecule has 0 fully saturated rings. The van der Waals surface area contributed by atoms with Crippen LogP contribution >= 0.6 is 11.8 Å². The number of nitro groups is 1. The van der Waals surface area contributed by atoms with Gasteiger partial charge in [0.05, 0.1) is 21.6 Å². The lowest BCUT2D eigenvalue weighted by Gasteiger charge is -2.23. The lowest BCUT2D eigenvalue weighted by Crippen LogP contribution is -2.11. The maximum atomic E-state index is 11.1. The van der Waals surface area contributed by atoms with Gasteiger partial charge in [-0.25, -0.2) is 0 Å². The maximum Gasteiger partial charge on any atom is 0.269 e. The van der Waals surface area contributed by atoms with Gasteiger partial charge in [-0.3, -0.25) is 10.1 Å². The van der Waals surface area contributed by atoms with Crippen LogP contribution in [-0.4, -0.2) is 10.0 Å². The average Bonchev–Trinajstić information content (AvgIpc) is 3.02. The predicted molar refractivity (Wildman–Crippen MR) is 139 cm³/mol. The Morgan fingerprint density at radius 1 is 0.914 bits per heavy atom. The van der Waals surface area contributed by atoms with Gasteiger partial charge in [0.15, 0.2) is 0 Å². The monoisotopic (exact) mass is 482 g/mol. The van der Waals surface area contributed by atoms with Crippen LogP contribution in [0.25, 0.3) is 5.70 Å². The molecule has 4 aromatic rings. The molecular formula is C28H22N2O4S. The molecule has 1 atom stereocenters. The minimum absolute atomic E-state index is 0.0110. The number of nitrogens with zero attached hydrogens (tertiary/aromatic N) is 1. The Hall–Kier alpha value is -4.23. The summed E-state index contributed by atoms with van der Waals surface area (Å²) in [5.74, 6) is 1.21. The molecule has 0 aliphatic carbocycles. The summed E-state index contributed by atoms with van der Waals surface area (Å²) in [5, 5.41) is 25.1. The molecule has 1 unspecified atom stereocenters. The quantitative estimate of drug-likeness (QED) is 0.229. The molecule has 35 heavy (non-hydrogen) atoms. The van der Waals surface area contributed by atoms with E-state index in [0.717, 1.165) is 27.4 Å². The summed E-state index contributed by atoms with van der Waals surface area (Å²) >= 11 is 1.57. The van der Waals surface area contributed by atoms with Gasteiger partial charge in [-0.1, -0.05) is 60.2 Å². The fourth-order valence-corrected chi connectivity index (χ4v) is 5.15. The van der Waals surface area contributed by atoms with E-state index in [1.165, 1.54) is 12.1 Å². The van der Waals surface area contributed by atoms with Crippen molar-refractivity contribution in [3.8, 4) is 11.5 Å². The number of aromatic hydroxyl groups is 1. The van der Waals surface area contributed by atoms with Crippen molar-refractivity contribution in [2.24, 2.45) is 0 Å². The smallest absolute Gasteiger partial charge is 0.269 e. The Kier molecular flexibility index (Phi) is 6.16. The van der Waals surface area contributed by atoms with Gasteiger partial charge in [-0.15, -0.1) is 11.8 Å². The maximum absolute atomic E-state index is 11.1. The fourth-order valence-electron chi connectivity index (χ4n) is 3.90. The molecular weight excluding hydrogens is 460 g/mol. The SMILES string of the molecule is Cc1ccc(C2=C(Oc3ccc([N+](=O)[O-])cc3)C(c3ccccc3O)Sc3ccccc3N2)cc1. The van der Waals surface area contributed by atoms with E-state index in [9.17, 15) is 15.2 Å². The summed E-state index contributed by atoms with van der Waals surface area (Å²) in [5.41, 5.74) is 4.43. The third-order valence-electron chi connectivity index (χ3n) is 5.71. The molecule has 0 amide bonds. The third-order valence-corrected chi connectivity index (χ3v) is 7.02. The molecule has 6 nitrogen and oxygen atoms in total. The van der Waals surface area contributed by atoms with Crippen molar-refractivity contribution in [1.82, 2.24) is 0 Å². The van der Waals surface area contributed by atoms with E-state index >= 15 is 0 Å². The minimum atomic E-state index is -0.439. The molecule has 7 heteroatoms. The number of nitrogens with one attached hydrogen (secondary N) is 1. The van der Waals surface area contributed by atoms with Crippen molar-refractivity contribution in [2.75, 3.05) is 5.32 Å². The van der Waals surface area contributed by atoms with Gasteiger partial charge in [-0.05, 0) is 37.3 Å². The number of anilines is 1. The van der Waals surface area contributed by atoms with Gasteiger partial charge in [-0.2, -0.15) is 0 Å². The van der Waals surface area contributed by atoms with Crippen molar-refractivity contribution >= 4 is 28.8 Å². The van der Waals surface area contributed by atoms with Crippen molar-refractivity contribution in [3.63, 3.8) is 0 Å². The lowest BCUT2D eigenvalue weighted by atomic mass is 10.0. The number of non-ortho nitro benzene ring substituents is 1. The van der Waals surface area contributed by atoms with Crippen LogP contribution in [0, 0.1) is 17.0 Å². The standard InChI is InChI=1S/C28H22N2O4S/c1-18-10-12-19(13-11-18)26-27(34-21-16-14-20(15-17-21)30(32)33)28(22-6-2-4-8-24(22)31)35-25-9-5-3-7-23(25)29-26/h2-17,28-29,31H,1H3. The highest BCUT2D eigenvalue weighted by molar-refractivity contribution is 8.00. The van der Waals surface area contributed by atoms with Crippen molar-refractivity contribution in [3.05, 3.63) is 130 Å². The molecule has 0 aromatic heterocycles. The number of nitro benzene ring substituents is 1. The number of phenolic OH excluding ortho intramolecular Hbond substituents is 1. The third kappa shape index (κ3) is 4.72. The molecule has 5 rings (SSSR count). The number of hydrogen-bond acceptors (Lipinski definition) is 6. The van der Waals surface area contributed by atoms with Crippen LogP contribution in [0.5, 0.6) is 11.5 Å². The first kappa shape index (κ1) is 22.6. The van der Waals surface area contributed by atoms with Crippen molar-refractivity contribution < 1.29 is 14.8 Å². The highest BCUT2D eigenvalue weighted by Gasteiger charge is 2.31. The van der Waals surface area contributed by atoms with E-state index < -0.39 is 4.92 Å². The summed E-state index contributed by atoms with van der Waals surface area (Å²) in [7, 11) is 0. The Morgan fingerprint density at radius 3 is 2.31 bits per heavy atom. The Labute approximate surface area is 207 Å². The normalized spacial score (nSPS) is 15.1. The molecule has 1 heterocycles. The average molecular weight is 483 g/mol. The molecule has 1 aliphatic heterocycles. The molecule has 174 valence electrons. The van der Waals surface area contributed by atoms with E-state index in [4.69, 9.17) is 4.74 Å². The number of para-hydroxylation sites is 2. The van der Waals surface area contributed by atoms with Gasteiger partial charge in [0.25, 0.3) is 5.69 Å². The second-order valence-corrected chi connectivity index (χ2v) is 9.28. The summed E-state index contributed by atoms with van der Waals surface area (Å²) in [6.07, 6.45) is 0. The number of thioether (sulfide) groups is 1. The van der Waals surface area contributed by atoms with E-state index in [2.05, 4.69) is 5.32 Å². The highest BCUT2D eigenvalue weighted by atomic mass is 32.2. The van der Waals surface area contributed by atoms with Crippen LogP contribution < -0.4 is 10.1 Å². The molecule has 0 spiro atoms. The molecule has 0 saturated heterocycles. The molecule has 2 N–H and O–H groups in total. The first-order valence-corrected chi connectivity index (χ1v) is 11.9. The summed E-state index contributed by atoms with van der Waals surface area (Å²) in [4.78, 5) is 11.7. The minimum Gasteiger partial charge on any atom is -0.508 e. The van der Waals surface area contributed by atoms with Gasteiger partial charge < -0.3 is 15.2 Å². The topological polar surface area (TPSA) is 84.6 Å². The van der Waals surface area contributed by atoms with Crippen LogP contribution in [0.3, 0.4) is 0 Å².